The van der Waals surface area contributed by atoms with Crippen molar-refractivity contribution in [3.8, 4) is 11.4 Å². The third kappa shape index (κ3) is 3.27. The number of rotatable bonds is 4. The van der Waals surface area contributed by atoms with Gasteiger partial charge in [0.1, 0.15) is 0 Å². The molecule has 3 aromatic rings. The number of carbonyl (C=O) groups is 1. The molecule has 0 saturated heterocycles. The van der Waals surface area contributed by atoms with Crippen LogP contribution in [0.5, 0.6) is 0 Å². The lowest BCUT2D eigenvalue weighted by Gasteiger charge is -2.00. The number of aromatic amines is 1. The van der Waals surface area contributed by atoms with Crippen molar-refractivity contribution in [1.82, 2.24) is 15.2 Å². The van der Waals surface area contributed by atoms with Crippen LogP contribution in [0.3, 0.4) is 0 Å². The van der Waals surface area contributed by atoms with Crippen LogP contribution in [0.15, 0.2) is 48.5 Å². The fourth-order valence-electron chi connectivity index (χ4n) is 2.09. The molecule has 120 valence electrons. The standard InChI is InChI=1S/C16H13N5O3/c1-10-5-7-11(8-6-10)14-17-16(20-19-14)18-15(22)12-3-2-4-13(9-12)21(23)24/h2-9H,1H3,(H2,17,18,19,20,22). The number of nitrogens with zero attached hydrogens (tertiary/aromatic N) is 3. The highest BCUT2D eigenvalue weighted by Gasteiger charge is 2.14. The van der Waals surface area contributed by atoms with Crippen molar-refractivity contribution in [1.29, 1.82) is 0 Å². The Bertz CT molecular complexity index is 902. The fourth-order valence-corrected chi connectivity index (χ4v) is 2.09. The van der Waals surface area contributed by atoms with Crippen LogP contribution in [0.25, 0.3) is 11.4 Å². The van der Waals surface area contributed by atoms with E-state index in [2.05, 4.69) is 20.5 Å². The molecule has 0 bridgehead atoms. The number of nitrogens with one attached hydrogen (secondary N) is 2. The molecule has 1 aromatic heterocycles. The SMILES string of the molecule is Cc1ccc(-c2nc(NC(=O)c3cccc([N+](=O)[O-])c3)n[nH]2)cc1. The average Bonchev–Trinajstić information content (AvgIpc) is 3.04. The van der Waals surface area contributed by atoms with E-state index in [0.29, 0.717) is 5.82 Å². The molecule has 2 aromatic carbocycles. The van der Waals surface area contributed by atoms with Crippen molar-refractivity contribution >= 4 is 17.5 Å². The van der Waals surface area contributed by atoms with E-state index < -0.39 is 10.8 Å². The van der Waals surface area contributed by atoms with E-state index in [0.717, 1.165) is 11.1 Å². The van der Waals surface area contributed by atoms with Crippen molar-refractivity contribution in [3.63, 3.8) is 0 Å². The minimum Gasteiger partial charge on any atom is -0.289 e. The summed E-state index contributed by atoms with van der Waals surface area (Å²) in [4.78, 5) is 26.6. The number of aryl methyl sites for hydroxylation is 1. The number of carbonyl (C=O) groups excluding carboxylic acids is 1. The van der Waals surface area contributed by atoms with E-state index in [9.17, 15) is 14.9 Å². The van der Waals surface area contributed by atoms with Gasteiger partial charge >= 0.3 is 0 Å². The molecule has 2 N–H and O–H groups in total. The van der Waals surface area contributed by atoms with Gasteiger partial charge in [-0.05, 0) is 13.0 Å². The molecule has 0 fully saturated rings. The van der Waals surface area contributed by atoms with Crippen molar-refractivity contribution in [2.24, 2.45) is 0 Å². The maximum atomic E-state index is 12.2. The molecule has 8 heteroatoms. The Balaban J connectivity index is 1.77. The molecule has 0 spiro atoms. The Kier molecular flexibility index (Phi) is 4.02. The highest BCUT2D eigenvalue weighted by Crippen LogP contribution is 2.17. The summed E-state index contributed by atoms with van der Waals surface area (Å²) in [6, 6.07) is 13.1. The van der Waals surface area contributed by atoms with E-state index in [-0.39, 0.29) is 17.2 Å². The second-order valence-electron chi connectivity index (χ2n) is 5.14. The molecule has 1 heterocycles. The van der Waals surface area contributed by atoms with E-state index in [1.54, 1.807) is 0 Å². The van der Waals surface area contributed by atoms with Gasteiger partial charge in [0, 0.05) is 23.3 Å². The summed E-state index contributed by atoms with van der Waals surface area (Å²) in [5.41, 5.74) is 1.96. The monoisotopic (exact) mass is 323 g/mol. The number of anilines is 1. The molecule has 1 amide bonds. The molecule has 0 aliphatic carbocycles. The Labute approximate surface area is 136 Å². The number of amides is 1. The number of benzene rings is 2. The zero-order valence-electron chi connectivity index (χ0n) is 12.7. The molecule has 0 aliphatic rings. The van der Waals surface area contributed by atoms with Crippen LogP contribution in [0.4, 0.5) is 11.6 Å². The molecule has 0 unspecified atom stereocenters. The molecule has 3 rings (SSSR count). The second-order valence-corrected chi connectivity index (χ2v) is 5.14. The number of hydrogen-bond donors (Lipinski definition) is 2. The quantitative estimate of drug-likeness (QED) is 0.566. The number of H-pyrrole nitrogens is 1. The van der Waals surface area contributed by atoms with Gasteiger partial charge in [-0.3, -0.25) is 25.3 Å². The van der Waals surface area contributed by atoms with Gasteiger partial charge in [0.25, 0.3) is 11.6 Å². The minimum atomic E-state index is -0.556. The normalized spacial score (nSPS) is 10.4. The zero-order chi connectivity index (χ0) is 17.1. The molecule has 0 saturated carbocycles. The first-order valence-corrected chi connectivity index (χ1v) is 7.08. The van der Waals surface area contributed by atoms with Crippen LogP contribution in [0, 0.1) is 17.0 Å². The maximum Gasteiger partial charge on any atom is 0.270 e. The number of aromatic nitrogens is 3. The fraction of sp³-hybridized carbons (Fsp3) is 0.0625. The number of nitro groups is 1. The maximum absolute atomic E-state index is 12.2. The smallest absolute Gasteiger partial charge is 0.270 e. The van der Waals surface area contributed by atoms with Crippen LogP contribution >= 0.6 is 0 Å². The van der Waals surface area contributed by atoms with E-state index in [1.807, 2.05) is 31.2 Å². The molecule has 0 aliphatic heterocycles. The number of nitro benzene ring substituents is 1. The van der Waals surface area contributed by atoms with E-state index in [4.69, 9.17) is 0 Å². The summed E-state index contributed by atoms with van der Waals surface area (Å²) in [6.45, 7) is 1.98. The molecular formula is C16H13N5O3. The predicted octanol–water partition coefficient (Wildman–Crippen LogP) is 2.94. The summed E-state index contributed by atoms with van der Waals surface area (Å²) in [5, 5.41) is 20.0. The molecule has 8 nitrogen and oxygen atoms in total. The van der Waals surface area contributed by atoms with Gasteiger partial charge < -0.3 is 0 Å². The lowest BCUT2D eigenvalue weighted by molar-refractivity contribution is -0.384. The van der Waals surface area contributed by atoms with Crippen molar-refractivity contribution in [2.75, 3.05) is 5.32 Å². The first-order chi connectivity index (χ1) is 11.5. The van der Waals surface area contributed by atoms with Crippen LogP contribution in [-0.4, -0.2) is 26.0 Å². The molecule has 0 atom stereocenters. The molecular weight excluding hydrogens is 310 g/mol. The lowest BCUT2D eigenvalue weighted by Crippen LogP contribution is -2.13. The number of non-ortho nitro benzene ring substituents is 1. The van der Waals surface area contributed by atoms with Crippen molar-refractivity contribution < 1.29 is 9.72 Å². The minimum absolute atomic E-state index is 0.0991. The predicted molar refractivity (Wildman–Crippen MR) is 87.6 cm³/mol. The van der Waals surface area contributed by atoms with Gasteiger partial charge in [0.2, 0.25) is 5.95 Å². The van der Waals surface area contributed by atoms with Gasteiger partial charge in [0.15, 0.2) is 5.82 Å². The van der Waals surface area contributed by atoms with Crippen molar-refractivity contribution in [3.05, 3.63) is 69.8 Å². The average molecular weight is 323 g/mol. The number of hydrogen-bond acceptors (Lipinski definition) is 5. The summed E-state index contributed by atoms with van der Waals surface area (Å²) in [6.07, 6.45) is 0. The Morgan fingerprint density at radius 1 is 1.21 bits per heavy atom. The van der Waals surface area contributed by atoms with Gasteiger partial charge in [-0.2, -0.15) is 4.98 Å². The summed E-state index contributed by atoms with van der Waals surface area (Å²) < 4.78 is 0. The summed E-state index contributed by atoms with van der Waals surface area (Å²) >= 11 is 0. The first kappa shape index (κ1) is 15.3. The highest BCUT2D eigenvalue weighted by molar-refractivity contribution is 6.03. The van der Waals surface area contributed by atoms with Crippen molar-refractivity contribution in [2.45, 2.75) is 6.92 Å². The topological polar surface area (TPSA) is 114 Å². The largest absolute Gasteiger partial charge is 0.289 e. The van der Waals surface area contributed by atoms with Crippen LogP contribution in [0.1, 0.15) is 15.9 Å². The van der Waals surface area contributed by atoms with Crippen LogP contribution < -0.4 is 5.32 Å². The van der Waals surface area contributed by atoms with Gasteiger partial charge in [-0.15, -0.1) is 5.10 Å². The first-order valence-electron chi connectivity index (χ1n) is 7.08. The lowest BCUT2D eigenvalue weighted by atomic mass is 10.1. The van der Waals surface area contributed by atoms with E-state index >= 15 is 0 Å². The second kappa shape index (κ2) is 6.29. The molecule has 0 radical (unpaired) electrons. The Morgan fingerprint density at radius 3 is 2.67 bits per heavy atom. The van der Waals surface area contributed by atoms with Gasteiger partial charge in [-0.1, -0.05) is 35.9 Å². The third-order valence-corrected chi connectivity index (χ3v) is 3.35. The zero-order valence-corrected chi connectivity index (χ0v) is 12.7. The van der Waals surface area contributed by atoms with E-state index in [1.165, 1.54) is 24.3 Å². The van der Waals surface area contributed by atoms with Gasteiger partial charge in [-0.25, -0.2) is 0 Å². The Morgan fingerprint density at radius 2 is 1.96 bits per heavy atom. The third-order valence-electron chi connectivity index (χ3n) is 3.35. The molecule has 24 heavy (non-hydrogen) atoms. The highest BCUT2D eigenvalue weighted by atomic mass is 16.6. The van der Waals surface area contributed by atoms with Gasteiger partial charge in [0.05, 0.1) is 4.92 Å². The Hall–Kier alpha value is -3.55. The summed E-state index contributed by atoms with van der Waals surface area (Å²) in [7, 11) is 0. The van der Waals surface area contributed by atoms with Crippen LogP contribution in [-0.2, 0) is 0 Å². The summed E-state index contributed by atoms with van der Waals surface area (Å²) in [5.74, 6) is 0.0968. The van der Waals surface area contributed by atoms with Crippen LogP contribution in [0.2, 0.25) is 0 Å².